The Morgan fingerprint density at radius 1 is 1.19 bits per heavy atom. The molecule has 27 heavy (non-hydrogen) atoms. The number of hydrogen-bond donors (Lipinski definition) is 1. The molecular weight excluding hydrogens is 344 g/mol. The molecule has 0 aromatic heterocycles. The van der Waals surface area contributed by atoms with Crippen LogP contribution in [0.2, 0.25) is 0 Å². The number of cyclic esters (lactones) is 1. The van der Waals surface area contributed by atoms with Crippen molar-refractivity contribution in [3.63, 3.8) is 0 Å². The van der Waals surface area contributed by atoms with Crippen LogP contribution in [-0.2, 0) is 16.0 Å². The van der Waals surface area contributed by atoms with E-state index in [2.05, 4.69) is 17.2 Å². The van der Waals surface area contributed by atoms with E-state index in [0.29, 0.717) is 19.6 Å². The maximum absolute atomic E-state index is 11.9. The number of anilines is 1. The molecule has 3 rings (SSSR count). The second-order valence-corrected chi connectivity index (χ2v) is 5.92. The van der Waals surface area contributed by atoms with Crippen molar-refractivity contribution < 1.29 is 19.1 Å². The van der Waals surface area contributed by atoms with Crippen LogP contribution in [0.15, 0.2) is 48.5 Å². The minimum absolute atomic E-state index is 0.0858. The summed E-state index contributed by atoms with van der Waals surface area (Å²) in [4.78, 5) is 25.0. The van der Waals surface area contributed by atoms with E-state index in [4.69, 9.17) is 9.47 Å². The summed E-state index contributed by atoms with van der Waals surface area (Å²) < 4.78 is 10.0. The lowest BCUT2D eigenvalue weighted by atomic mass is 10.1. The van der Waals surface area contributed by atoms with E-state index in [-0.39, 0.29) is 18.5 Å². The largest absolute Gasteiger partial charge is 0.497 e. The van der Waals surface area contributed by atoms with Gasteiger partial charge in [0.15, 0.2) is 0 Å². The molecule has 138 valence electrons. The monoisotopic (exact) mass is 364 g/mol. The molecule has 0 saturated carbocycles. The summed E-state index contributed by atoms with van der Waals surface area (Å²) in [7, 11) is 1.61. The van der Waals surface area contributed by atoms with Crippen LogP contribution in [0.5, 0.6) is 5.75 Å². The minimum Gasteiger partial charge on any atom is -0.497 e. The van der Waals surface area contributed by atoms with Crippen molar-refractivity contribution in [3.05, 3.63) is 59.7 Å². The predicted octanol–water partition coefficient (Wildman–Crippen LogP) is 2.36. The van der Waals surface area contributed by atoms with Crippen molar-refractivity contribution in [3.8, 4) is 17.6 Å². The van der Waals surface area contributed by atoms with Crippen molar-refractivity contribution in [1.82, 2.24) is 5.32 Å². The molecule has 1 aliphatic heterocycles. The molecule has 0 atom stereocenters. The van der Waals surface area contributed by atoms with E-state index >= 15 is 0 Å². The van der Waals surface area contributed by atoms with Gasteiger partial charge in [-0.05, 0) is 42.0 Å². The Bertz CT molecular complexity index is 864. The molecule has 0 spiro atoms. The molecule has 0 unspecified atom stereocenters. The number of benzene rings is 2. The number of hydrogen-bond acceptors (Lipinski definition) is 4. The Balaban J connectivity index is 1.46. The summed E-state index contributed by atoms with van der Waals surface area (Å²) in [5.74, 6) is 6.60. The van der Waals surface area contributed by atoms with Crippen LogP contribution in [0, 0.1) is 11.8 Å². The number of amides is 2. The molecule has 2 aromatic rings. The van der Waals surface area contributed by atoms with E-state index in [1.165, 1.54) is 0 Å². The van der Waals surface area contributed by atoms with Gasteiger partial charge in [0.1, 0.15) is 12.4 Å². The van der Waals surface area contributed by atoms with E-state index < -0.39 is 0 Å². The number of nitrogens with zero attached hydrogens (tertiary/aromatic N) is 1. The fourth-order valence-corrected chi connectivity index (χ4v) is 2.63. The number of ether oxygens (including phenoxy) is 2. The maximum atomic E-state index is 11.9. The molecule has 1 heterocycles. The molecule has 1 aliphatic rings. The number of nitrogens with one attached hydrogen (secondary N) is 1. The van der Waals surface area contributed by atoms with Gasteiger partial charge in [-0.2, -0.15) is 0 Å². The van der Waals surface area contributed by atoms with Crippen LogP contribution in [0.3, 0.4) is 0 Å². The van der Waals surface area contributed by atoms with Crippen LogP contribution in [0.1, 0.15) is 11.1 Å². The molecule has 0 aliphatic carbocycles. The third-order valence-electron chi connectivity index (χ3n) is 4.07. The Hall–Kier alpha value is -3.46. The molecule has 1 fully saturated rings. The quantitative estimate of drug-likeness (QED) is 0.827. The van der Waals surface area contributed by atoms with Gasteiger partial charge >= 0.3 is 6.09 Å². The Morgan fingerprint density at radius 3 is 2.56 bits per heavy atom. The number of methoxy groups -OCH3 is 1. The second kappa shape index (κ2) is 8.77. The van der Waals surface area contributed by atoms with Gasteiger partial charge in [0.05, 0.1) is 26.6 Å². The number of carbonyl (C=O) groups is 2. The number of rotatable bonds is 5. The third kappa shape index (κ3) is 5.02. The second-order valence-electron chi connectivity index (χ2n) is 5.92. The van der Waals surface area contributed by atoms with Gasteiger partial charge in [-0.15, -0.1) is 0 Å². The highest BCUT2D eigenvalue weighted by molar-refractivity contribution is 5.89. The summed E-state index contributed by atoms with van der Waals surface area (Å²) in [5, 5.41) is 2.78. The fraction of sp³-hybridized carbons (Fsp3) is 0.238. The molecular formula is C21H20N2O4. The van der Waals surface area contributed by atoms with Crippen molar-refractivity contribution in [2.24, 2.45) is 0 Å². The lowest BCUT2D eigenvalue weighted by Crippen LogP contribution is -2.25. The first-order valence-electron chi connectivity index (χ1n) is 8.58. The standard InChI is InChI=1S/C21H20N2O4/c1-26-19-10-6-17(7-11-19)15-20(24)22-12-2-3-16-4-8-18(9-5-16)23-13-14-27-21(23)25/h4-11H,12-15H2,1H3,(H,22,24). The van der Waals surface area contributed by atoms with Crippen LogP contribution in [0.4, 0.5) is 10.5 Å². The SMILES string of the molecule is COc1ccc(CC(=O)NCC#Cc2ccc(N3CCOC3=O)cc2)cc1. The van der Waals surface area contributed by atoms with Crippen LogP contribution in [0.25, 0.3) is 0 Å². The van der Waals surface area contributed by atoms with Crippen molar-refractivity contribution in [2.45, 2.75) is 6.42 Å². The molecule has 1 N–H and O–H groups in total. The van der Waals surface area contributed by atoms with Gasteiger partial charge in [-0.3, -0.25) is 9.69 Å². The first kappa shape index (κ1) is 18.3. The average molecular weight is 364 g/mol. The lowest BCUT2D eigenvalue weighted by Gasteiger charge is -2.11. The molecule has 1 saturated heterocycles. The highest BCUT2D eigenvalue weighted by Gasteiger charge is 2.23. The lowest BCUT2D eigenvalue weighted by molar-refractivity contribution is -0.120. The highest BCUT2D eigenvalue weighted by atomic mass is 16.6. The van der Waals surface area contributed by atoms with Gasteiger partial charge in [0.25, 0.3) is 0 Å². The van der Waals surface area contributed by atoms with Crippen LogP contribution < -0.4 is 15.0 Å². The first-order valence-corrected chi connectivity index (χ1v) is 8.58. The van der Waals surface area contributed by atoms with Gasteiger partial charge in [-0.25, -0.2) is 4.79 Å². The molecule has 2 aromatic carbocycles. The fourth-order valence-electron chi connectivity index (χ4n) is 2.63. The predicted molar refractivity (Wildman–Crippen MR) is 102 cm³/mol. The summed E-state index contributed by atoms with van der Waals surface area (Å²) in [6.07, 6.45) is -0.0276. The van der Waals surface area contributed by atoms with Crippen molar-refractivity contribution >= 4 is 17.7 Å². The topological polar surface area (TPSA) is 67.9 Å². The summed E-state index contributed by atoms with van der Waals surface area (Å²) >= 11 is 0. The van der Waals surface area contributed by atoms with Crippen LogP contribution in [-0.4, -0.2) is 38.8 Å². The normalized spacial score (nSPS) is 12.8. The zero-order chi connectivity index (χ0) is 19.1. The zero-order valence-electron chi connectivity index (χ0n) is 15.0. The first-order chi connectivity index (χ1) is 13.2. The van der Waals surface area contributed by atoms with E-state index in [1.54, 1.807) is 12.0 Å². The molecule has 0 radical (unpaired) electrons. The van der Waals surface area contributed by atoms with Gasteiger partial charge < -0.3 is 14.8 Å². The van der Waals surface area contributed by atoms with E-state index in [0.717, 1.165) is 22.6 Å². The summed E-state index contributed by atoms with van der Waals surface area (Å²) in [6.45, 7) is 1.25. The molecule has 0 bridgehead atoms. The summed E-state index contributed by atoms with van der Waals surface area (Å²) in [6, 6.07) is 14.7. The Labute approximate surface area is 158 Å². The van der Waals surface area contributed by atoms with Gasteiger partial charge in [0.2, 0.25) is 5.91 Å². The van der Waals surface area contributed by atoms with Gasteiger partial charge in [-0.1, -0.05) is 24.0 Å². The zero-order valence-corrected chi connectivity index (χ0v) is 15.0. The van der Waals surface area contributed by atoms with Gasteiger partial charge in [0, 0.05) is 11.3 Å². The smallest absolute Gasteiger partial charge is 0.414 e. The van der Waals surface area contributed by atoms with E-state index in [9.17, 15) is 9.59 Å². The Kier molecular flexibility index (Phi) is 5.95. The van der Waals surface area contributed by atoms with Crippen molar-refractivity contribution in [2.75, 3.05) is 31.7 Å². The van der Waals surface area contributed by atoms with Crippen LogP contribution >= 0.6 is 0 Å². The van der Waals surface area contributed by atoms with E-state index in [1.807, 2.05) is 48.5 Å². The molecule has 2 amide bonds. The molecule has 6 nitrogen and oxygen atoms in total. The summed E-state index contributed by atoms with van der Waals surface area (Å²) in [5.41, 5.74) is 2.52. The maximum Gasteiger partial charge on any atom is 0.414 e. The molecule has 6 heteroatoms. The number of carbonyl (C=O) groups excluding carboxylic acids is 2. The Morgan fingerprint density at radius 2 is 1.93 bits per heavy atom. The average Bonchev–Trinajstić information content (AvgIpc) is 3.12. The minimum atomic E-state index is -0.326. The third-order valence-corrected chi connectivity index (χ3v) is 4.07. The van der Waals surface area contributed by atoms with Crippen molar-refractivity contribution in [1.29, 1.82) is 0 Å². The highest BCUT2D eigenvalue weighted by Crippen LogP contribution is 2.18.